The van der Waals surface area contributed by atoms with Crippen molar-refractivity contribution in [3.8, 4) is 11.5 Å². The summed E-state index contributed by atoms with van der Waals surface area (Å²) in [4.78, 5) is 4.07. The van der Waals surface area contributed by atoms with Gasteiger partial charge in [0.05, 0.1) is 5.02 Å². The Hall–Kier alpha value is -2.33. The molecule has 0 amide bonds. The highest BCUT2D eigenvalue weighted by Crippen LogP contribution is 2.33. The third-order valence-corrected chi connectivity index (χ3v) is 3.22. The van der Waals surface area contributed by atoms with Crippen molar-refractivity contribution in [2.75, 3.05) is 5.73 Å². The molecule has 3 nitrogen and oxygen atoms in total. The van der Waals surface area contributed by atoms with E-state index in [0.29, 0.717) is 17.2 Å². The summed E-state index contributed by atoms with van der Waals surface area (Å²) in [5.41, 5.74) is 6.55. The zero-order chi connectivity index (χ0) is 14.1. The van der Waals surface area contributed by atoms with Crippen LogP contribution >= 0.6 is 11.6 Å². The molecule has 0 saturated carbocycles. The van der Waals surface area contributed by atoms with E-state index >= 15 is 0 Å². The van der Waals surface area contributed by atoms with Crippen LogP contribution in [0.25, 0.3) is 10.8 Å². The molecular formula is C15H10ClFN2O. The molecular weight excluding hydrogens is 279 g/mol. The van der Waals surface area contributed by atoms with Crippen molar-refractivity contribution in [1.29, 1.82) is 0 Å². The van der Waals surface area contributed by atoms with Crippen LogP contribution in [0.3, 0.4) is 0 Å². The monoisotopic (exact) mass is 288 g/mol. The molecule has 100 valence electrons. The molecule has 0 spiro atoms. The highest BCUT2D eigenvalue weighted by molar-refractivity contribution is 6.30. The van der Waals surface area contributed by atoms with E-state index in [0.717, 1.165) is 10.8 Å². The fourth-order valence-electron chi connectivity index (χ4n) is 1.94. The van der Waals surface area contributed by atoms with Crippen LogP contribution in [-0.4, -0.2) is 4.98 Å². The van der Waals surface area contributed by atoms with E-state index in [9.17, 15) is 4.39 Å². The molecule has 0 bridgehead atoms. The summed E-state index contributed by atoms with van der Waals surface area (Å²) in [5, 5.41) is 1.65. The van der Waals surface area contributed by atoms with Crippen LogP contribution in [0.1, 0.15) is 0 Å². The molecule has 0 atom stereocenters. The molecule has 5 heteroatoms. The number of nitrogens with zero attached hydrogens (tertiary/aromatic N) is 1. The first-order valence-corrected chi connectivity index (χ1v) is 6.28. The van der Waals surface area contributed by atoms with Crippen LogP contribution in [0.2, 0.25) is 5.02 Å². The summed E-state index contributed by atoms with van der Waals surface area (Å²) in [5.74, 6) is 0.555. The summed E-state index contributed by atoms with van der Waals surface area (Å²) < 4.78 is 18.9. The molecule has 0 fully saturated rings. The van der Waals surface area contributed by atoms with Gasteiger partial charge in [0.25, 0.3) is 0 Å². The zero-order valence-electron chi connectivity index (χ0n) is 10.3. The normalized spacial score (nSPS) is 10.7. The maximum absolute atomic E-state index is 13.1. The fourth-order valence-corrected chi connectivity index (χ4v) is 2.11. The topological polar surface area (TPSA) is 48.1 Å². The van der Waals surface area contributed by atoms with E-state index < -0.39 is 5.82 Å². The molecule has 2 N–H and O–H groups in total. The van der Waals surface area contributed by atoms with Crippen molar-refractivity contribution in [1.82, 2.24) is 4.98 Å². The maximum Gasteiger partial charge on any atom is 0.142 e. The van der Waals surface area contributed by atoms with E-state index in [1.54, 1.807) is 24.5 Å². The van der Waals surface area contributed by atoms with Crippen molar-refractivity contribution >= 4 is 28.1 Å². The number of ether oxygens (including phenoxy) is 1. The first kappa shape index (κ1) is 12.7. The smallest absolute Gasteiger partial charge is 0.142 e. The first-order chi connectivity index (χ1) is 9.65. The van der Waals surface area contributed by atoms with Crippen LogP contribution in [0, 0.1) is 5.82 Å². The Bertz CT molecular complexity index is 792. The van der Waals surface area contributed by atoms with Gasteiger partial charge in [-0.3, -0.25) is 4.98 Å². The Kier molecular flexibility index (Phi) is 3.16. The lowest BCUT2D eigenvalue weighted by Gasteiger charge is -2.10. The number of aromatic nitrogens is 1. The molecule has 0 saturated heterocycles. The predicted octanol–water partition coefficient (Wildman–Crippen LogP) is 4.40. The highest BCUT2D eigenvalue weighted by atomic mass is 35.5. The van der Waals surface area contributed by atoms with Crippen LogP contribution < -0.4 is 10.5 Å². The number of anilines is 1. The molecule has 0 radical (unpaired) electrons. The summed E-state index contributed by atoms with van der Waals surface area (Å²) in [7, 11) is 0. The summed E-state index contributed by atoms with van der Waals surface area (Å²) >= 11 is 5.74. The zero-order valence-corrected chi connectivity index (χ0v) is 11.1. The Morgan fingerprint density at radius 2 is 1.95 bits per heavy atom. The van der Waals surface area contributed by atoms with Crippen LogP contribution in [-0.2, 0) is 0 Å². The number of nitrogens with two attached hydrogens (primary N) is 1. The lowest BCUT2D eigenvalue weighted by Crippen LogP contribution is -1.91. The fraction of sp³-hybridized carbons (Fsp3) is 0. The minimum Gasteiger partial charge on any atom is -0.457 e. The SMILES string of the molecule is Nc1ccc(Oc2ccc(F)c(Cl)c2)c2cnccc12. The Labute approximate surface area is 119 Å². The molecule has 3 aromatic rings. The molecule has 0 aliphatic carbocycles. The maximum atomic E-state index is 13.1. The van der Waals surface area contributed by atoms with Gasteiger partial charge in [0, 0.05) is 34.9 Å². The number of benzene rings is 2. The average Bonchev–Trinajstić information content (AvgIpc) is 2.46. The quantitative estimate of drug-likeness (QED) is 0.711. The number of fused-ring (bicyclic) bond motifs is 1. The third kappa shape index (κ3) is 2.26. The van der Waals surface area contributed by atoms with Crippen LogP contribution in [0.15, 0.2) is 48.8 Å². The van der Waals surface area contributed by atoms with Gasteiger partial charge in [-0.1, -0.05) is 11.6 Å². The number of halogens is 2. The van der Waals surface area contributed by atoms with Gasteiger partial charge in [0.2, 0.25) is 0 Å². The lowest BCUT2D eigenvalue weighted by atomic mass is 10.1. The van der Waals surface area contributed by atoms with Crippen molar-refractivity contribution in [3.63, 3.8) is 0 Å². The minimum absolute atomic E-state index is 0.0142. The van der Waals surface area contributed by atoms with Crippen molar-refractivity contribution in [3.05, 3.63) is 59.6 Å². The Balaban J connectivity index is 2.06. The molecule has 2 aromatic carbocycles. The largest absolute Gasteiger partial charge is 0.457 e. The Morgan fingerprint density at radius 1 is 1.10 bits per heavy atom. The van der Waals surface area contributed by atoms with E-state index in [-0.39, 0.29) is 5.02 Å². The molecule has 0 unspecified atom stereocenters. The number of nitrogen functional groups attached to an aromatic ring is 1. The van der Waals surface area contributed by atoms with Gasteiger partial charge in [-0.05, 0) is 30.3 Å². The van der Waals surface area contributed by atoms with Gasteiger partial charge in [-0.2, -0.15) is 0 Å². The van der Waals surface area contributed by atoms with Gasteiger partial charge in [0.1, 0.15) is 17.3 Å². The highest BCUT2D eigenvalue weighted by Gasteiger charge is 2.08. The van der Waals surface area contributed by atoms with E-state index in [1.165, 1.54) is 18.2 Å². The van der Waals surface area contributed by atoms with Crippen molar-refractivity contribution in [2.45, 2.75) is 0 Å². The predicted molar refractivity (Wildman–Crippen MR) is 77.6 cm³/mol. The third-order valence-electron chi connectivity index (χ3n) is 2.93. The molecule has 1 heterocycles. The average molecular weight is 289 g/mol. The molecule has 0 aliphatic rings. The summed E-state index contributed by atoms with van der Waals surface area (Å²) in [6.07, 6.45) is 3.34. The van der Waals surface area contributed by atoms with Gasteiger partial charge < -0.3 is 10.5 Å². The van der Waals surface area contributed by atoms with Gasteiger partial charge in [-0.15, -0.1) is 0 Å². The second-order valence-corrected chi connectivity index (χ2v) is 4.66. The standard InChI is InChI=1S/C15H10ClFN2O/c16-12-7-9(1-2-13(12)17)20-15-4-3-14(18)10-5-6-19-8-11(10)15/h1-8H,18H2. The molecule has 20 heavy (non-hydrogen) atoms. The molecule has 1 aromatic heterocycles. The number of hydrogen-bond donors (Lipinski definition) is 1. The Morgan fingerprint density at radius 3 is 2.75 bits per heavy atom. The van der Waals surface area contributed by atoms with E-state index in [1.807, 2.05) is 6.07 Å². The molecule has 3 rings (SSSR count). The number of hydrogen-bond acceptors (Lipinski definition) is 3. The lowest BCUT2D eigenvalue weighted by molar-refractivity contribution is 0.486. The summed E-state index contributed by atoms with van der Waals surface area (Å²) in [6.45, 7) is 0. The summed E-state index contributed by atoms with van der Waals surface area (Å²) in [6, 6.07) is 9.51. The molecule has 0 aliphatic heterocycles. The van der Waals surface area contributed by atoms with E-state index in [2.05, 4.69) is 4.98 Å². The van der Waals surface area contributed by atoms with Gasteiger partial charge in [0.15, 0.2) is 0 Å². The van der Waals surface area contributed by atoms with Crippen molar-refractivity contribution < 1.29 is 9.13 Å². The number of pyridine rings is 1. The number of rotatable bonds is 2. The first-order valence-electron chi connectivity index (χ1n) is 5.90. The van der Waals surface area contributed by atoms with Crippen molar-refractivity contribution in [2.24, 2.45) is 0 Å². The second-order valence-electron chi connectivity index (χ2n) is 4.25. The van der Waals surface area contributed by atoms with Crippen LogP contribution in [0.4, 0.5) is 10.1 Å². The van der Waals surface area contributed by atoms with Crippen LogP contribution in [0.5, 0.6) is 11.5 Å². The van der Waals surface area contributed by atoms with E-state index in [4.69, 9.17) is 22.1 Å². The van der Waals surface area contributed by atoms with Gasteiger partial charge >= 0.3 is 0 Å². The van der Waals surface area contributed by atoms with Gasteiger partial charge in [-0.25, -0.2) is 4.39 Å². The second kappa shape index (κ2) is 4.98. The minimum atomic E-state index is -0.483.